The molecule has 1 fully saturated rings. The van der Waals surface area contributed by atoms with Gasteiger partial charge in [-0.25, -0.2) is 0 Å². The lowest BCUT2D eigenvalue weighted by Crippen LogP contribution is -2.33. The molecule has 1 aliphatic carbocycles. The van der Waals surface area contributed by atoms with Crippen molar-refractivity contribution >= 4 is 0 Å². The van der Waals surface area contributed by atoms with Crippen molar-refractivity contribution in [3.05, 3.63) is 29.3 Å². The van der Waals surface area contributed by atoms with Gasteiger partial charge in [0, 0.05) is 6.04 Å². The Labute approximate surface area is 123 Å². The number of nitrogens with one attached hydrogen (secondary N) is 1. The van der Waals surface area contributed by atoms with Crippen LogP contribution in [-0.4, -0.2) is 19.2 Å². The standard InChI is InChI=1S/C18H29NO/c1-4-11-19-17-7-5-6-16(17)10-12-20-18-13-14(2)8-9-15(18)3/h8-9,13,16-17,19H,4-7,10-12H2,1-3H3. The molecule has 0 saturated heterocycles. The van der Waals surface area contributed by atoms with Gasteiger partial charge in [0.25, 0.3) is 0 Å². The molecule has 2 rings (SSSR count). The third kappa shape index (κ3) is 4.24. The van der Waals surface area contributed by atoms with Crippen LogP contribution in [0.25, 0.3) is 0 Å². The molecule has 1 aliphatic rings. The lowest BCUT2D eigenvalue weighted by molar-refractivity contribution is 0.259. The van der Waals surface area contributed by atoms with Gasteiger partial charge in [0.05, 0.1) is 6.61 Å². The Hall–Kier alpha value is -1.02. The molecule has 0 aliphatic heterocycles. The van der Waals surface area contributed by atoms with Crippen LogP contribution in [0.3, 0.4) is 0 Å². The van der Waals surface area contributed by atoms with Crippen LogP contribution in [0.15, 0.2) is 18.2 Å². The minimum atomic E-state index is 0.720. The summed E-state index contributed by atoms with van der Waals surface area (Å²) < 4.78 is 6.00. The number of hydrogen-bond acceptors (Lipinski definition) is 2. The zero-order valence-electron chi connectivity index (χ0n) is 13.2. The van der Waals surface area contributed by atoms with Crippen molar-refractivity contribution in [1.82, 2.24) is 5.32 Å². The monoisotopic (exact) mass is 275 g/mol. The average molecular weight is 275 g/mol. The van der Waals surface area contributed by atoms with E-state index in [0.717, 1.165) is 30.9 Å². The number of benzene rings is 1. The highest BCUT2D eigenvalue weighted by Crippen LogP contribution is 2.29. The Morgan fingerprint density at radius 1 is 1.25 bits per heavy atom. The second-order valence-corrected chi connectivity index (χ2v) is 6.16. The van der Waals surface area contributed by atoms with Crippen LogP contribution in [0.1, 0.15) is 50.2 Å². The lowest BCUT2D eigenvalue weighted by Gasteiger charge is -2.21. The van der Waals surface area contributed by atoms with Gasteiger partial charge in [-0.15, -0.1) is 0 Å². The lowest BCUT2D eigenvalue weighted by atomic mass is 10.00. The molecule has 20 heavy (non-hydrogen) atoms. The van der Waals surface area contributed by atoms with Crippen molar-refractivity contribution < 1.29 is 4.74 Å². The van der Waals surface area contributed by atoms with Gasteiger partial charge in [-0.3, -0.25) is 0 Å². The number of aryl methyl sites for hydroxylation is 2. The zero-order chi connectivity index (χ0) is 14.4. The summed E-state index contributed by atoms with van der Waals surface area (Å²) in [6, 6.07) is 7.16. The third-order valence-electron chi connectivity index (χ3n) is 4.41. The maximum Gasteiger partial charge on any atom is 0.122 e. The van der Waals surface area contributed by atoms with Gasteiger partial charge in [-0.05, 0) is 69.2 Å². The second-order valence-electron chi connectivity index (χ2n) is 6.16. The van der Waals surface area contributed by atoms with Crippen molar-refractivity contribution in [2.45, 2.75) is 58.9 Å². The van der Waals surface area contributed by atoms with Crippen LogP contribution >= 0.6 is 0 Å². The SMILES string of the molecule is CCCNC1CCCC1CCOc1cc(C)ccc1C. The highest BCUT2D eigenvalue weighted by atomic mass is 16.5. The highest BCUT2D eigenvalue weighted by Gasteiger charge is 2.26. The molecule has 0 aromatic heterocycles. The molecule has 0 heterocycles. The quantitative estimate of drug-likeness (QED) is 0.803. The van der Waals surface area contributed by atoms with E-state index in [4.69, 9.17) is 4.74 Å². The van der Waals surface area contributed by atoms with Crippen LogP contribution in [0.4, 0.5) is 0 Å². The smallest absolute Gasteiger partial charge is 0.122 e. The summed E-state index contributed by atoms with van der Waals surface area (Å²) in [5.41, 5.74) is 2.51. The van der Waals surface area contributed by atoms with Crippen molar-refractivity contribution in [1.29, 1.82) is 0 Å². The second kappa shape index (κ2) is 7.68. The fourth-order valence-electron chi connectivity index (χ4n) is 3.16. The fraction of sp³-hybridized carbons (Fsp3) is 0.667. The molecule has 0 radical (unpaired) electrons. The largest absolute Gasteiger partial charge is 0.493 e. The van der Waals surface area contributed by atoms with E-state index in [1.54, 1.807) is 0 Å². The normalized spacial score (nSPS) is 22.1. The summed E-state index contributed by atoms with van der Waals surface area (Å²) in [4.78, 5) is 0. The molecule has 112 valence electrons. The van der Waals surface area contributed by atoms with Crippen LogP contribution in [-0.2, 0) is 0 Å². The summed E-state index contributed by atoms with van der Waals surface area (Å²) in [5.74, 6) is 1.85. The van der Waals surface area contributed by atoms with E-state index < -0.39 is 0 Å². The van der Waals surface area contributed by atoms with Gasteiger partial charge in [0.2, 0.25) is 0 Å². The first kappa shape index (κ1) is 15.4. The molecule has 1 aromatic carbocycles. The van der Waals surface area contributed by atoms with E-state index in [1.807, 2.05) is 0 Å². The third-order valence-corrected chi connectivity index (χ3v) is 4.41. The summed E-state index contributed by atoms with van der Waals surface area (Å²) in [5, 5.41) is 3.69. The molecule has 2 nitrogen and oxygen atoms in total. The minimum Gasteiger partial charge on any atom is -0.493 e. The van der Waals surface area contributed by atoms with Crippen LogP contribution in [0.5, 0.6) is 5.75 Å². The maximum atomic E-state index is 6.00. The summed E-state index contributed by atoms with van der Waals surface area (Å²) in [6.45, 7) is 8.47. The number of ether oxygens (including phenoxy) is 1. The molecular weight excluding hydrogens is 246 g/mol. The zero-order valence-corrected chi connectivity index (χ0v) is 13.2. The van der Waals surface area contributed by atoms with E-state index in [1.165, 1.54) is 43.2 Å². The topological polar surface area (TPSA) is 21.3 Å². The first-order chi connectivity index (χ1) is 9.70. The van der Waals surface area contributed by atoms with Crippen molar-refractivity contribution in [3.8, 4) is 5.75 Å². The van der Waals surface area contributed by atoms with E-state index in [-0.39, 0.29) is 0 Å². The molecule has 0 amide bonds. The number of hydrogen-bond donors (Lipinski definition) is 1. The van der Waals surface area contributed by atoms with Gasteiger partial charge in [-0.2, -0.15) is 0 Å². The highest BCUT2D eigenvalue weighted by molar-refractivity contribution is 5.35. The molecule has 2 heteroatoms. The molecule has 0 spiro atoms. The van der Waals surface area contributed by atoms with Crippen LogP contribution < -0.4 is 10.1 Å². The molecule has 2 atom stereocenters. The van der Waals surface area contributed by atoms with Gasteiger partial charge in [-0.1, -0.05) is 25.5 Å². The predicted molar refractivity (Wildman–Crippen MR) is 85.5 cm³/mol. The molecule has 2 unspecified atom stereocenters. The Balaban J connectivity index is 1.78. The summed E-state index contributed by atoms with van der Waals surface area (Å²) >= 11 is 0. The van der Waals surface area contributed by atoms with E-state index >= 15 is 0 Å². The average Bonchev–Trinajstić information content (AvgIpc) is 2.88. The van der Waals surface area contributed by atoms with Crippen LogP contribution in [0.2, 0.25) is 0 Å². The van der Waals surface area contributed by atoms with Crippen LogP contribution in [0, 0.1) is 19.8 Å². The first-order valence-corrected chi connectivity index (χ1v) is 8.14. The predicted octanol–water partition coefficient (Wildman–Crippen LogP) is 4.24. The maximum absolute atomic E-state index is 6.00. The first-order valence-electron chi connectivity index (χ1n) is 8.14. The van der Waals surface area contributed by atoms with Gasteiger partial charge < -0.3 is 10.1 Å². The van der Waals surface area contributed by atoms with E-state index in [0.29, 0.717) is 0 Å². The van der Waals surface area contributed by atoms with Gasteiger partial charge >= 0.3 is 0 Å². The van der Waals surface area contributed by atoms with Crippen molar-refractivity contribution in [2.75, 3.05) is 13.2 Å². The number of rotatable bonds is 7. The van der Waals surface area contributed by atoms with E-state index in [9.17, 15) is 0 Å². The summed E-state index contributed by atoms with van der Waals surface area (Å²) in [6.07, 6.45) is 6.47. The summed E-state index contributed by atoms with van der Waals surface area (Å²) in [7, 11) is 0. The molecule has 1 saturated carbocycles. The Kier molecular flexibility index (Phi) is 5.90. The minimum absolute atomic E-state index is 0.720. The molecular formula is C18H29NO. The van der Waals surface area contributed by atoms with Crippen molar-refractivity contribution in [2.24, 2.45) is 5.92 Å². The Morgan fingerprint density at radius 3 is 2.90 bits per heavy atom. The van der Waals surface area contributed by atoms with Gasteiger partial charge in [0.15, 0.2) is 0 Å². The van der Waals surface area contributed by atoms with Gasteiger partial charge in [0.1, 0.15) is 5.75 Å². The Bertz CT molecular complexity index is 416. The fourth-order valence-corrected chi connectivity index (χ4v) is 3.16. The van der Waals surface area contributed by atoms with E-state index in [2.05, 4.69) is 44.3 Å². The molecule has 1 aromatic rings. The van der Waals surface area contributed by atoms with Crippen molar-refractivity contribution in [3.63, 3.8) is 0 Å². The molecule has 1 N–H and O–H groups in total. The molecule has 0 bridgehead atoms. The Morgan fingerprint density at radius 2 is 2.10 bits per heavy atom.